The first-order valence-corrected chi connectivity index (χ1v) is 7.78. The molecule has 4 nitrogen and oxygen atoms in total. The summed E-state index contributed by atoms with van der Waals surface area (Å²) in [5.74, 6) is 0.374. The summed E-state index contributed by atoms with van der Waals surface area (Å²) in [5.41, 5.74) is 0. The van der Waals surface area contributed by atoms with E-state index in [9.17, 15) is 9.59 Å². The summed E-state index contributed by atoms with van der Waals surface area (Å²) in [6, 6.07) is -0.193. The molecule has 0 aliphatic carbocycles. The van der Waals surface area contributed by atoms with Crippen molar-refractivity contribution in [3.05, 3.63) is 0 Å². The number of piperidine rings is 1. The molecule has 0 N–H and O–H groups in total. The van der Waals surface area contributed by atoms with E-state index in [0.29, 0.717) is 0 Å². The van der Waals surface area contributed by atoms with Gasteiger partial charge >= 0.3 is 0 Å². The molecule has 0 saturated carbocycles. The van der Waals surface area contributed by atoms with E-state index in [4.69, 9.17) is 0 Å². The Hall–Kier alpha value is -1.06. The Morgan fingerprint density at radius 2 is 1.79 bits per heavy atom. The van der Waals surface area contributed by atoms with E-state index in [-0.39, 0.29) is 29.9 Å². The molecule has 2 rings (SSSR count). The quantitative estimate of drug-likeness (QED) is 0.782. The SMILES string of the molecule is CCC(CC)N1C(=O)C2CCCCN2C(=O)C1CC. The Balaban J connectivity index is 2.30. The van der Waals surface area contributed by atoms with Gasteiger partial charge in [-0.05, 0) is 38.5 Å². The van der Waals surface area contributed by atoms with Gasteiger partial charge in [0.25, 0.3) is 0 Å². The molecule has 0 bridgehead atoms. The summed E-state index contributed by atoms with van der Waals surface area (Å²) in [6.45, 7) is 6.98. The van der Waals surface area contributed by atoms with E-state index in [1.165, 1.54) is 0 Å². The van der Waals surface area contributed by atoms with E-state index in [1.807, 2.05) is 16.7 Å². The van der Waals surface area contributed by atoms with Crippen molar-refractivity contribution in [3.63, 3.8) is 0 Å². The van der Waals surface area contributed by atoms with Gasteiger partial charge in [-0.15, -0.1) is 0 Å². The highest BCUT2D eigenvalue weighted by Crippen LogP contribution is 2.30. The van der Waals surface area contributed by atoms with Crippen molar-refractivity contribution in [3.8, 4) is 0 Å². The number of hydrogen-bond donors (Lipinski definition) is 0. The maximum Gasteiger partial charge on any atom is 0.246 e. The molecule has 2 aliphatic rings. The van der Waals surface area contributed by atoms with E-state index < -0.39 is 0 Å². The smallest absolute Gasteiger partial charge is 0.246 e. The molecule has 4 heteroatoms. The summed E-state index contributed by atoms with van der Waals surface area (Å²) >= 11 is 0. The molecule has 2 amide bonds. The molecule has 2 aliphatic heterocycles. The number of piperazine rings is 1. The molecule has 108 valence electrons. The van der Waals surface area contributed by atoms with Gasteiger partial charge in [-0.25, -0.2) is 0 Å². The molecule has 0 aromatic heterocycles. The minimum Gasteiger partial charge on any atom is -0.329 e. The number of rotatable bonds is 4. The first-order chi connectivity index (χ1) is 9.15. The van der Waals surface area contributed by atoms with Gasteiger partial charge in [-0.3, -0.25) is 9.59 Å². The van der Waals surface area contributed by atoms with Crippen LogP contribution < -0.4 is 0 Å². The van der Waals surface area contributed by atoms with Crippen LogP contribution in [0.25, 0.3) is 0 Å². The van der Waals surface area contributed by atoms with Crippen molar-refractivity contribution in [2.75, 3.05) is 6.54 Å². The van der Waals surface area contributed by atoms with Gasteiger partial charge in [-0.2, -0.15) is 0 Å². The van der Waals surface area contributed by atoms with E-state index >= 15 is 0 Å². The van der Waals surface area contributed by atoms with Crippen molar-refractivity contribution >= 4 is 11.8 Å². The molecule has 19 heavy (non-hydrogen) atoms. The summed E-state index contributed by atoms with van der Waals surface area (Å²) in [4.78, 5) is 29.1. The topological polar surface area (TPSA) is 40.6 Å². The largest absolute Gasteiger partial charge is 0.329 e. The highest BCUT2D eigenvalue weighted by Gasteiger charge is 2.47. The average Bonchev–Trinajstić information content (AvgIpc) is 2.45. The standard InChI is InChI=1S/C15H26N2O2/c1-4-11(5-2)17-12(6-3)14(18)16-10-8-7-9-13(16)15(17)19/h11-13H,4-10H2,1-3H3. The van der Waals surface area contributed by atoms with Gasteiger partial charge in [0.1, 0.15) is 12.1 Å². The van der Waals surface area contributed by atoms with Crippen LogP contribution in [0.15, 0.2) is 0 Å². The third-order valence-electron chi connectivity index (χ3n) is 4.67. The zero-order chi connectivity index (χ0) is 14.0. The van der Waals surface area contributed by atoms with Crippen molar-refractivity contribution in [2.45, 2.75) is 77.4 Å². The fourth-order valence-electron chi connectivity index (χ4n) is 3.58. The lowest BCUT2D eigenvalue weighted by Gasteiger charge is -2.49. The summed E-state index contributed by atoms with van der Waals surface area (Å²) in [6.07, 6.45) is 5.53. The second kappa shape index (κ2) is 5.93. The first kappa shape index (κ1) is 14.4. The molecule has 0 radical (unpaired) electrons. The highest BCUT2D eigenvalue weighted by molar-refractivity contribution is 5.97. The van der Waals surface area contributed by atoms with E-state index in [0.717, 1.165) is 45.1 Å². The Morgan fingerprint density at radius 1 is 1.11 bits per heavy atom. The van der Waals surface area contributed by atoms with Crippen LogP contribution in [0.4, 0.5) is 0 Å². The fraction of sp³-hybridized carbons (Fsp3) is 0.867. The molecule has 2 atom stereocenters. The number of amides is 2. The van der Waals surface area contributed by atoms with E-state index in [1.54, 1.807) is 0 Å². The molecular formula is C15H26N2O2. The van der Waals surface area contributed by atoms with Crippen LogP contribution >= 0.6 is 0 Å². The second-order valence-electron chi connectivity index (χ2n) is 5.68. The third-order valence-corrected chi connectivity index (χ3v) is 4.67. The first-order valence-electron chi connectivity index (χ1n) is 7.78. The molecule has 2 fully saturated rings. The number of hydrogen-bond acceptors (Lipinski definition) is 2. The van der Waals surface area contributed by atoms with Crippen LogP contribution in [0.1, 0.15) is 59.3 Å². The maximum atomic E-state index is 12.8. The van der Waals surface area contributed by atoms with Crippen LogP contribution in [0.2, 0.25) is 0 Å². The average molecular weight is 266 g/mol. The predicted octanol–water partition coefficient (Wildman–Crippen LogP) is 2.18. The molecule has 2 saturated heterocycles. The third kappa shape index (κ3) is 2.37. The lowest BCUT2D eigenvalue weighted by Crippen LogP contribution is -2.67. The Labute approximate surface area is 116 Å². The van der Waals surface area contributed by atoms with Crippen molar-refractivity contribution < 1.29 is 9.59 Å². The van der Waals surface area contributed by atoms with Gasteiger partial charge in [0.2, 0.25) is 11.8 Å². The van der Waals surface area contributed by atoms with E-state index in [2.05, 4.69) is 13.8 Å². The fourth-order valence-corrected chi connectivity index (χ4v) is 3.58. The molecule has 2 heterocycles. The van der Waals surface area contributed by atoms with Crippen LogP contribution in [0.5, 0.6) is 0 Å². The Bertz CT molecular complexity index is 352. The number of carbonyl (C=O) groups excluding carboxylic acids is 2. The normalized spacial score (nSPS) is 28.0. The minimum atomic E-state index is -0.230. The van der Waals surface area contributed by atoms with Gasteiger partial charge in [0.05, 0.1) is 0 Å². The number of carbonyl (C=O) groups is 2. The monoisotopic (exact) mass is 266 g/mol. The van der Waals surface area contributed by atoms with Crippen molar-refractivity contribution in [1.82, 2.24) is 9.80 Å². The van der Waals surface area contributed by atoms with Gasteiger partial charge in [0, 0.05) is 12.6 Å². The van der Waals surface area contributed by atoms with Gasteiger partial charge in [-0.1, -0.05) is 20.8 Å². The number of nitrogens with zero attached hydrogens (tertiary/aromatic N) is 2. The molecule has 0 aromatic rings. The van der Waals surface area contributed by atoms with Gasteiger partial charge in [0.15, 0.2) is 0 Å². The van der Waals surface area contributed by atoms with Gasteiger partial charge < -0.3 is 9.80 Å². The second-order valence-corrected chi connectivity index (χ2v) is 5.68. The highest BCUT2D eigenvalue weighted by atomic mass is 16.2. The number of fused-ring (bicyclic) bond motifs is 1. The lowest BCUT2D eigenvalue weighted by atomic mass is 9.92. The summed E-state index contributed by atoms with van der Waals surface area (Å²) < 4.78 is 0. The Kier molecular flexibility index (Phi) is 4.48. The van der Waals surface area contributed by atoms with Crippen LogP contribution in [0, 0.1) is 0 Å². The minimum absolute atomic E-state index is 0.176. The molecule has 2 unspecified atom stereocenters. The summed E-state index contributed by atoms with van der Waals surface area (Å²) in [5, 5.41) is 0. The predicted molar refractivity (Wildman–Crippen MR) is 74.6 cm³/mol. The Morgan fingerprint density at radius 3 is 2.37 bits per heavy atom. The van der Waals surface area contributed by atoms with Crippen LogP contribution in [-0.4, -0.2) is 46.3 Å². The van der Waals surface area contributed by atoms with Crippen LogP contribution in [-0.2, 0) is 9.59 Å². The maximum absolute atomic E-state index is 12.8. The van der Waals surface area contributed by atoms with Crippen molar-refractivity contribution in [1.29, 1.82) is 0 Å². The zero-order valence-electron chi connectivity index (χ0n) is 12.4. The summed E-state index contributed by atoms with van der Waals surface area (Å²) in [7, 11) is 0. The molecule has 0 spiro atoms. The molecule has 0 aromatic carbocycles. The zero-order valence-corrected chi connectivity index (χ0v) is 12.4. The van der Waals surface area contributed by atoms with Crippen molar-refractivity contribution in [2.24, 2.45) is 0 Å². The lowest BCUT2D eigenvalue weighted by molar-refractivity contribution is -0.166. The molecular weight excluding hydrogens is 240 g/mol. The van der Waals surface area contributed by atoms with Crippen LogP contribution in [0.3, 0.4) is 0 Å².